The van der Waals surface area contributed by atoms with Crippen molar-refractivity contribution < 1.29 is 14.7 Å². The Balaban J connectivity index is 3.77. The Morgan fingerprint density at radius 1 is 1.50 bits per heavy atom. The van der Waals surface area contributed by atoms with Gasteiger partial charge in [0.2, 0.25) is 5.91 Å². The van der Waals surface area contributed by atoms with Crippen LogP contribution in [-0.2, 0) is 9.59 Å². The maximum atomic E-state index is 10.8. The highest BCUT2D eigenvalue weighted by molar-refractivity contribution is 5.83. The number of aliphatic carboxylic acids is 1. The van der Waals surface area contributed by atoms with E-state index in [1.54, 1.807) is 0 Å². The third-order valence-electron chi connectivity index (χ3n) is 1.17. The Kier molecular flexibility index (Phi) is 4.24. The molecule has 6 heteroatoms. The summed E-state index contributed by atoms with van der Waals surface area (Å²) in [6, 6.07) is -0.906. The van der Waals surface area contributed by atoms with Crippen LogP contribution in [0.5, 0.6) is 0 Å². The molecule has 0 aliphatic rings. The molecule has 70 valence electrons. The number of carbonyl (C=O) groups is 2. The molecule has 0 aliphatic carbocycles. The molecule has 0 heterocycles. The van der Waals surface area contributed by atoms with Gasteiger partial charge in [-0.2, -0.15) is 0 Å². The molecule has 1 amide bonds. The molecule has 0 saturated carbocycles. The first-order chi connectivity index (χ1) is 5.43. The summed E-state index contributed by atoms with van der Waals surface area (Å²) in [4.78, 5) is 21.1. The molecule has 12 heavy (non-hydrogen) atoms. The standard InChI is InChI=1S/C6H13N3O3/c1-3(6(11)12)9-5(10)2-4(7)8/h3-4H,2,7-8H2,1H3,(H,9,10)(H,11,12)/t3-/m0/s1. The molecule has 0 aromatic carbocycles. The zero-order valence-electron chi connectivity index (χ0n) is 6.78. The molecule has 0 saturated heterocycles. The number of amides is 1. The van der Waals surface area contributed by atoms with Crippen molar-refractivity contribution in [2.24, 2.45) is 11.5 Å². The van der Waals surface area contributed by atoms with Gasteiger partial charge in [-0.25, -0.2) is 0 Å². The maximum absolute atomic E-state index is 10.8. The molecule has 0 unspecified atom stereocenters. The quantitative estimate of drug-likeness (QED) is 0.376. The van der Waals surface area contributed by atoms with Crippen LogP contribution in [0.4, 0.5) is 0 Å². The fourth-order valence-electron chi connectivity index (χ4n) is 0.576. The number of nitrogens with two attached hydrogens (primary N) is 2. The summed E-state index contributed by atoms with van der Waals surface area (Å²) in [6.45, 7) is 1.36. The van der Waals surface area contributed by atoms with Crippen LogP contribution < -0.4 is 16.8 Å². The van der Waals surface area contributed by atoms with Crippen LogP contribution in [0.15, 0.2) is 0 Å². The van der Waals surface area contributed by atoms with Crippen molar-refractivity contribution >= 4 is 11.9 Å². The van der Waals surface area contributed by atoms with E-state index in [1.807, 2.05) is 0 Å². The second-order valence-corrected chi connectivity index (χ2v) is 2.50. The summed E-state index contributed by atoms with van der Waals surface area (Å²) in [5.74, 6) is -1.55. The van der Waals surface area contributed by atoms with Gasteiger partial charge < -0.3 is 21.9 Å². The summed E-state index contributed by atoms with van der Waals surface area (Å²) >= 11 is 0. The van der Waals surface area contributed by atoms with Gasteiger partial charge in [0.05, 0.1) is 12.6 Å². The monoisotopic (exact) mass is 175 g/mol. The van der Waals surface area contributed by atoms with Crippen molar-refractivity contribution in [2.75, 3.05) is 0 Å². The van der Waals surface area contributed by atoms with E-state index in [4.69, 9.17) is 16.6 Å². The Labute approximate surface area is 69.9 Å². The Bertz CT molecular complexity index is 181. The van der Waals surface area contributed by atoms with Crippen molar-refractivity contribution in [3.8, 4) is 0 Å². The molecule has 1 atom stereocenters. The molecule has 0 spiro atoms. The third kappa shape index (κ3) is 4.64. The topological polar surface area (TPSA) is 118 Å². The summed E-state index contributed by atoms with van der Waals surface area (Å²) in [5, 5.41) is 10.6. The lowest BCUT2D eigenvalue weighted by atomic mass is 10.3. The van der Waals surface area contributed by atoms with Crippen LogP contribution in [-0.4, -0.2) is 29.2 Å². The van der Waals surface area contributed by atoms with E-state index in [2.05, 4.69) is 5.32 Å². The Morgan fingerprint density at radius 3 is 2.33 bits per heavy atom. The van der Waals surface area contributed by atoms with Gasteiger partial charge in [0.15, 0.2) is 0 Å². The zero-order valence-corrected chi connectivity index (χ0v) is 6.78. The van der Waals surface area contributed by atoms with E-state index in [0.717, 1.165) is 0 Å². The van der Waals surface area contributed by atoms with Crippen LogP contribution in [0.25, 0.3) is 0 Å². The molecule has 0 bridgehead atoms. The van der Waals surface area contributed by atoms with Gasteiger partial charge in [-0.05, 0) is 6.92 Å². The molecular weight excluding hydrogens is 162 g/mol. The first-order valence-corrected chi connectivity index (χ1v) is 3.47. The van der Waals surface area contributed by atoms with E-state index >= 15 is 0 Å². The van der Waals surface area contributed by atoms with Crippen LogP contribution in [0.3, 0.4) is 0 Å². The van der Waals surface area contributed by atoms with Crippen molar-refractivity contribution in [3.05, 3.63) is 0 Å². The lowest BCUT2D eigenvalue weighted by Gasteiger charge is -2.10. The number of carboxylic acid groups (broad SMARTS) is 1. The van der Waals surface area contributed by atoms with Crippen LogP contribution in [0.2, 0.25) is 0 Å². The molecule has 0 aromatic heterocycles. The van der Waals surface area contributed by atoms with Crippen molar-refractivity contribution in [1.82, 2.24) is 5.32 Å². The first-order valence-electron chi connectivity index (χ1n) is 3.47. The highest BCUT2D eigenvalue weighted by atomic mass is 16.4. The molecule has 6 nitrogen and oxygen atoms in total. The third-order valence-corrected chi connectivity index (χ3v) is 1.17. The Morgan fingerprint density at radius 2 is 2.00 bits per heavy atom. The number of carbonyl (C=O) groups excluding carboxylic acids is 1. The molecule has 0 aliphatic heterocycles. The van der Waals surface area contributed by atoms with Crippen molar-refractivity contribution in [1.29, 1.82) is 0 Å². The van der Waals surface area contributed by atoms with E-state index in [0.29, 0.717) is 0 Å². The molecule has 0 rings (SSSR count). The zero-order chi connectivity index (χ0) is 9.72. The molecule has 0 radical (unpaired) electrons. The lowest BCUT2D eigenvalue weighted by Crippen LogP contribution is -2.43. The fraction of sp³-hybridized carbons (Fsp3) is 0.667. The van der Waals surface area contributed by atoms with Gasteiger partial charge >= 0.3 is 5.97 Å². The van der Waals surface area contributed by atoms with Gasteiger partial charge in [0.25, 0.3) is 0 Å². The minimum absolute atomic E-state index is 0.0718. The molecule has 0 aromatic rings. The number of carboxylic acids is 1. The highest BCUT2D eigenvalue weighted by Gasteiger charge is 2.14. The summed E-state index contributed by atoms with van der Waals surface area (Å²) < 4.78 is 0. The van der Waals surface area contributed by atoms with Gasteiger partial charge in [0.1, 0.15) is 6.04 Å². The highest BCUT2D eigenvalue weighted by Crippen LogP contribution is 1.85. The van der Waals surface area contributed by atoms with E-state index in [-0.39, 0.29) is 6.42 Å². The summed E-state index contributed by atoms with van der Waals surface area (Å²) in [6.07, 6.45) is -0.816. The van der Waals surface area contributed by atoms with Crippen LogP contribution in [0.1, 0.15) is 13.3 Å². The number of rotatable bonds is 4. The number of hydrogen-bond donors (Lipinski definition) is 4. The minimum atomic E-state index is -1.09. The lowest BCUT2D eigenvalue weighted by molar-refractivity contribution is -0.141. The first kappa shape index (κ1) is 10.9. The van der Waals surface area contributed by atoms with Crippen molar-refractivity contribution in [2.45, 2.75) is 25.6 Å². The van der Waals surface area contributed by atoms with Crippen LogP contribution >= 0.6 is 0 Å². The van der Waals surface area contributed by atoms with E-state index < -0.39 is 24.1 Å². The molecule has 6 N–H and O–H groups in total. The minimum Gasteiger partial charge on any atom is -0.480 e. The second kappa shape index (κ2) is 4.68. The van der Waals surface area contributed by atoms with Gasteiger partial charge in [0, 0.05) is 0 Å². The van der Waals surface area contributed by atoms with E-state index in [9.17, 15) is 9.59 Å². The largest absolute Gasteiger partial charge is 0.480 e. The van der Waals surface area contributed by atoms with Crippen LogP contribution in [0, 0.1) is 0 Å². The predicted octanol–water partition coefficient (Wildman–Crippen LogP) is -1.79. The molecular formula is C6H13N3O3. The van der Waals surface area contributed by atoms with Crippen molar-refractivity contribution in [3.63, 3.8) is 0 Å². The Hall–Kier alpha value is -1.14. The van der Waals surface area contributed by atoms with Gasteiger partial charge in [-0.1, -0.05) is 0 Å². The van der Waals surface area contributed by atoms with E-state index in [1.165, 1.54) is 6.92 Å². The average Bonchev–Trinajstić information content (AvgIpc) is 1.84. The maximum Gasteiger partial charge on any atom is 0.325 e. The predicted molar refractivity (Wildman–Crippen MR) is 42.0 cm³/mol. The fourth-order valence-corrected chi connectivity index (χ4v) is 0.576. The molecule has 0 fully saturated rings. The normalized spacial score (nSPS) is 12.7. The second-order valence-electron chi connectivity index (χ2n) is 2.50. The van der Waals surface area contributed by atoms with Gasteiger partial charge in [-0.15, -0.1) is 0 Å². The SMILES string of the molecule is C[C@H](NC(=O)CC(N)N)C(=O)O. The summed E-state index contributed by atoms with van der Waals surface area (Å²) in [7, 11) is 0. The number of nitrogens with one attached hydrogen (secondary N) is 1. The summed E-state index contributed by atoms with van der Waals surface area (Å²) in [5.41, 5.74) is 10.2. The van der Waals surface area contributed by atoms with Gasteiger partial charge in [-0.3, -0.25) is 9.59 Å². The average molecular weight is 175 g/mol. The smallest absolute Gasteiger partial charge is 0.325 e. The number of hydrogen-bond acceptors (Lipinski definition) is 4.